The van der Waals surface area contributed by atoms with Gasteiger partial charge < -0.3 is 5.32 Å². The van der Waals surface area contributed by atoms with Crippen LogP contribution >= 0.6 is 11.8 Å². The number of hydrogen-bond donors (Lipinski definition) is 1. The summed E-state index contributed by atoms with van der Waals surface area (Å²) < 4.78 is 39.3. The smallest absolute Gasteiger partial charge is 0.269 e. The first-order chi connectivity index (χ1) is 11.4. The van der Waals surface area contributed by atoms with Gasteiger partial charge in [0.05, 0.1) is 16.4 Å². The average Bonchev–Trinajstić information content (AvgIpc) is 2.56. The maximum atomic E-state index is 13.4. The van der Waals surface area contributed by atoms with Crippen molar-refractivity contribution >= 4 is 29.0 Å². The summed E-state index contributed by atoms with van der Waals surface area (Å²) in [5.41, 5.74) is 0.308. The van der Waals surface area contributed by atoms with Crippen LogP contribution in [0.4, 0.5) is 24.5 Å². The highest BCUT2D eigenvalue weighted by atomic mass is 32.2. The number of thioether (sulfide) groups is 1. The fourth-order valence-corrected chi connectivity index (χ4v) is 2.57. The van der Waals surface area contributed by atoms with E-state index in [1.54, 1.807) is 12.1 Å². The van der Waals surface area contributed by atoms with Gasteiger partial charge in [0, 0.05) is 17.9 Å². The molecule has 126 valence electrons. The minimum atomic E-state index is -1.65. The van der Waals surface area contributed by atoms with Crippen LogP contribution in [0.25, 0.3) is 0 Å². The lowest BCUT2D eigenvalue weighted by Crippen LogP contribution is -2.16. The van der Waals surface area contributed by atoms with Gasteiger partial charge in [-0.05, 0) is 17.7 Å². The van der Waals surface area contributed by atoms with Crippen molar-refractivity contribution in [2.24, 2.45) is 0 Å². The molecule has 5 nitrogen and oxygen atoms in total. The summed E-state index contributed by atoms with van der Waals surface area (Å²) in [6, 6.07) is 7.50. The lowest BCUT2D eigenvalue weighted by molar-refractivity contribution is -0.384. The normalized spacial score (nSPS) is 10.5. The number of hydrogen-bond acceptors (Lipinski definition) is 4. The zero-order chi connectivity index (χ0) is 17.7. The van der Waals surface area contributed by atoms with E-state index in [9.17, 15) is 28.1 Å². The fourth-order valence-electron chi connectivity index (χ4n) is 1.78. The van der Waals surface area contributed by atoms with Gasteiger partial charge in [0.15, 0.2) is 17.5 Å². The molecule has 0 aromatic heterocycles. The Labute approximate surface area is 139 Å². The van der Waals surface area contributed by atoms with Gasteiger partial charge in [0.2, 0.25) is 5.91 Å². The predicted octanol–water partition coefficient (Wildman–Crippen LogP) is 3.88. The molecule has 0 fully saturated rings. The Bertz CT molecular complexity index is 769. The molecule has 0 aliphatic rings. The Morgan fingerprint density at radius 2 is 1.75 bits per heavy atom. The van der Waals surface area contributed by atoms with Crippen LogP contribution in [0.1, 0.15) is 5.56 Å². The standard InChI is InChI=1S/C15H11F3N2O3S/c16-11-5-6-12(15(18)14(11)17)19-13(21)8-24-7-9-1-3-10(4-2-9)20(22)23/h1-6H,7-8H2,(H,19,21). The van der Waals surface area contributed by atoms with Gasteiger partial charge >= 0.3 is 0 Å². The van der Waals surface area contributed by atoms with Crippen LogP contribution in [-0.2, 0) is 10.5 Å². The second kappa shape index (κ2) is 7.82. The lowest BCUT2D eigenvalue weighted by atomic mass is 10.2. The summed E-state index contributed by atoms with van der Waals surface area (Å²) >= 11 is 1.19. The van der Waals surface area contributed by atoms with Crippen LogP contribution in [0.2, 0.25) is 0 Å². The first-order valence-electron chi connectivity index (χ1n) is 6.63. The molecule has 1 N–H and O–H groups in total. The van der Waals surface area contributed by atoms with Crippen molar-refractivity contribution in [2.75, 3.05) is 11.1 Å². The molecule has 2 aromatic rings. The van der Waals surface area contributed by atoms with Crippen LogP contribution in [0.5, 0.6) is 0 Å². The summed E-state index contributed by atoms with van der Waals surface area (Å²) in [5, 5.41) is 12.7. The molecule has 0 radical (unpaired) electrons. The number of carbonyl (C=O) groups excluding carboxylic acids is 1. The second-order valence-electron chi connectivity index (χ2n) is 4.69. The summed E-state index contributed by atoms with van der Waals surface area (Å²) in [7, 11) is 0. The molecule has 0 atom stereocenters. The van der Waals surface area contributed by atoms with E-state index in [1.165, 1.54) is 23.9 Å². The number of nitro benzene ring substituents is 1. The van der Waals surface area contributed by atoms with Crippen LogP contribution in [0.3, 0.4) is 0 Å². The second-order valence-corrected chi connectivity index (χ2v) is 5.67. The van der Waals surface area contributed by atoms with Crippen LogP contribution in [0.15, 0.2) is 36.4 Å². The van der Waals surface area contributed by atoms with E-state index in [0.29, 0.717) is 5.75 Å². The molecule has 0 saturated heterocycles. The number of nitro groups is 1. The highest BCUT2D eigenvalue weighted by Gasteiger charge is 2.15. The number of carbonyl (C=O) groups is 1. The molecule has 9 heteroatoms. The van der Waals surface area contributed by atoms with Crippen molar-refractivity contribution in [3.05, 3.63) is 69.5 Å². The summed E-state index contributed by atoms with van der Waals surface area (Å²) in [5.74, 6) is -4.65. The number of amides is 1. The van der Waals surface area contributed by atoms with Crippen LogP contribution in [-0.4, -0.2) is 16.6 Å². The van der Waals surface area contributed by atoms with E-state index < -0.39 is 34.0 Å². The predicted molar refractivity (Wildman–Crippen MR) is 84.2 cm³/mol. The SMILES string of the molecule is O=C(CSCc1ccc([N+](=O)[O-])cc1)Nc1ccc(F)c(F)c1F. The third-order valence-electron chi connectivity index (χ3n) is 2.96. The van der Waals surface area contributed by atoms with Crippen LogP contribution < -0.4 is 5.32 Å². The number of benzene rings is 2. The largest absolute Gasteiger partial charge is 0.323 e. The molecule has 0 aliphatic carbocycles. The number of halogens is 3. The molecule has 0 spiro atoms. The molecule has 0 unspecified atom stereocenters. The van der Waals surface area contributed by atoms with Crippen molar-refractivity contribution in [2.45, 2.75) is 5.75 Å². The Morgan fingerprint density at radius 3 is 2.38 bits per heavy atom. The molecular weight excluding hydrogens is 345 g/mol. The zero-order valence-corrected chi connectivity index (χ0v) is 12.9. The maximum Gasteiger partial charge on any atom is 0.269 e. The molecule has 0 aliphatic heterocycles. The number of nitrogens with one attached hydrogen (secondary N) is 1. The van der Waals surface area contributed by atoms with E-state index in [2.05, 4.69) is 5.32 Å². The van der Waals surface area contributed by atoms with E-state index in [-0.39, 0.29) is 11.4 Å². The molecule has 0 saturated carbocycles. The minimum Gasteiger partial charge on any atom is -0.323 e. The van der Waals surface area contributed by atoms with Crippen molar-refractivity contribution in [3.8, 4) is 0 Å². The molecule has 2 aromatic carbocycles. The van der Waals surface area contributed by atoms with Gasteiger partial charge in [-0.1, -0.05) is 12.1 Å². The lowest BCUT2D eigenvalue weighted by Gasteiger charge is -2.07. The first-order valence-corrected chi connectivity index (χ1v) is 7.78. The van der Waals surface area contributed by atoms with Gasteiger partial charge in [-0.2, -0.15) is 0 Å². The number of anilines is 1. The van der Waals surface area contributed by atoms with E-state index in [4.69, 9.17) is 0 Å². The van der Waals surface area contributed by atoms with Gasteiger partial charge in [0.25, 0.3) is 5.69 Å². The Morgan fingerprint density at radius 1 is 1.08 bits per heavy atom. The summed E-state index contributed by atoms with van der Waals surface area (Å²) in [6.45, 7) is 0. The van der Waals surface area contributed by atoms with Gasteiger partial charge in [-0.15, -0.1) is 11.8 Å². The first kappa shape index (κ1) is 17.8. The molecular formula is C15H11F3N2O3S. The Balaban J connectivity index is 1.85. The molecule has 0 heterocycles. The topological polar surface area (TPSA) is 72.2 Å². The highest BCUT2D eigenvalue weighted by molar-refractivity contribution is 7.99. The fraction of sp³-hybridized carbons (Fsp3) is 0.133. The third-order valence-corrected chi connectivity index (χ3v) is 3.96. The number of non-ortho nitro benzene ring substituents is 1. The molecule has 2 rings (SSSR count). The Hall–Kier alpha value is -2.55. The van der Waals surface area contributed by atoms with E-state index >= 15 is 0 Å². The zero-order valence-electron chi connectivity index (χ0n) is 12.1. The van der Waals surface area contributed by atoms with E-state index in [1.807, 2.05) is 0 Å². The monoisotopic (exact) mass is 356 g/mol. The van der Waals surface area contributed by atoms with Crippen molar-refractivity contribution < 1.29 is 22.9 Å². The molecule has 24 heavy (non-hydrogen) atoms. The van der Waals surface area contributed by atoms with Crippen molar-refractivity contribution in [1.82, 2.24) is 0 Å². The van der Waals surface area contributed by atoms with Crippen molar-refractivity contribution in [3.63, 3.8) is 0 Å². The number of nitrogens with zero attached hydrogens (tertiary/aromatic N) is 1. The van der Waals surface area contributed by atoms with Gasteiger partial charge in [-0.3, -0.25) is 14.9 Å². The third kappa shape index (κ3) is 4.48. The quantitative estimate of drug-likeness (QED) is 0.484. The number of rotatable bonds is 6. The van der Waals surface area contributed by atoms with Crippen molar-refractivity contribution in [1.29, 1.82) is 0 Å². The summed E-state index contributed by atoms with van der Waals surface area (Å²) in [6.07, 6.45) is 0. The maximum absolute atomic E-state index is 13.4. The molecule has 1 amide bonds. The highest BCUT2D eigenvalue weighted by Crippen LogP contribution is 2.21. The van der Waals surface area contributed by atoms with Gasteiger partial charge in [0.1, 0.15) is 0 Å². The Kier molecular flexibility index (Phi) is 5.80. The van der Waals surface area contributed by atoms with Crippen LogP contribution in [0, 0.1) is 27.6 Å². The minimum absolute atomic E-state index is 0.0321. The molecule has 0 bridgehead atoms. The summed E-state index contributed by atoms with van der Waals surface area (Å²) in [4.78, 5) is 21.7. The van der Waals surface area contributed by atoms with E-state index in [0.717, 1.165) is 17.7 Å². The average molecular weight is 356 g/mol. The van der Waals surface area contributed by atoms with Gasteiger partial charge in [-0.25, -0.2) is 13.2 Å².